The van der Waals surface area contributed by atoms with Gasteiger partial charge >= 0.3 is 11.9 Å². The normalized spacial score (nSPS) is 54.7. The molecule has 5 aliphatic carbocycles. The molecule has 81 heavy (non-hydrogen) atoms. The van der Waals surface area contributed by atoms with Gasteiger partial charge in [0, 0.05) is 30.6 Å². The molecule has 0 unspecified atom stereocenters. The smallest absolute Gasteiger partial charge is 0.303 e. The van der Waals surface area contributed by atoms with E-state index < -0.39 is 201 Å². The number of carbonyl (C=O) groups excluding carboxylic acids is 2. The largest absolute Gasteiger partial charge is 0.458 e. The molecule has 5 heterocycles. The Morgan fingerprint density at radius 1 is 0.543 bits per heavy atom. The fraction of sp³-hybridized carbons (Fsp3) is 0.964. The zero-order valence-electron chi connectivity index (χ0n) is 47.8. The van der Waals surface area contributed by atoms with Gasteiger partial charge in [-0.25, -0.2) is 0 Å². The Morgan fingerprint density at radius 3 is 1.78 bits per heavy atom. The third kappa shape index (κ3) is 9.60. The Hall–Kier alpha value is -1.90. The average molecular weight is 1160 g/mol. The Labute approximate surface area is 471 Å². The van der Waals surface area contributed by atoms with Gasteiger partial charge in [0.05, 0.1) is 56.3 Å². The molecule has 25 nitrogen and oxygen atoms in total. The lowest BCUT2D eigenvalue weighted by atomic mass is 9.30. The number of fused-ring (bicyclic) bond motifs is 4. The highest BCUT2D eigenvalue weighted by molar-refractivity contribution is 5.68. The highest BCUT2D eigenvalue weighted by Crippen LogP contribution is 2.81. The van der Waals surface area contributed by atoms with Gasteiger partial charge in [-0.15, -0.1) is 0 Å². The number of rotatable bonds is 12. The van der Waals surface area contributed by atoms with E-state index in [0.29, 0.717) is 32.1 Å². The van der Waals surface area contributed by atoms with E-state index in [0.717, 1.165) is 19.3 Å². The van der Waals surface area contributed by atoms with Crippen LogP contribution in [0.3, 0.4) is 0 Å². The summed E-state index contributed by atoms with van der Waals surface area (Å²) in [5.41, 5.74) is -4.10. The zero-order chi connectivity index (χ0) is 59.1. The molecular formula is C56H90O25. The fourth-order valence-corrected chi connectivity index (χ4v) is 18.3. The van der Waals surface area contributed by atoms with Crippen molar-refractivity contribution < 1.29 is 123 Å². The van der Waals surface area contributed by atoms with Gasteiger partial charge in [-0.2, -0.15) is 0 Å². The summed E-state index contributed by atoms with van der Waals surface area (Å²) in [6, 6.07) is 0. The summed E-state index contributed by atoms with van der Waals surface area (Å²) in [6.45, 7) is 15.7. The molecule has 5 saturated heterocycles. The van der Waals surface area contributed by atoms with E-state index in [9.17, 15) is 70.9 Å². The predicted octanol–water partition coefficient (Wildman–Crippen LogP) is -1.99. The lowest BCUT2D eigenvalue weighted by molar-refractivity contribution is -0.392. The molecule has 30 atom stereocenters. The quantitative estimate of drug-likeness (QED) is 0.0743. The molecule has 5 saturated carbocycles. The first-order valence-corrected chi connectivity index (χ1v) is 29.1. The Balaban J connectivity index is 0.907. The van der Waals surface area contributed by atoms with Crippen molar-refractivity contribution in [1.29, 1.82) is 0 Å². The van der Waals surface area contributed by atoms with E-state index in [1.165, 1.54) is 13.8 Å². The monoisotopic (exact) mass is 1160 g/mol. The van der Waals surface area contributed by atoms with Crippen LogP contribution in [0.2, 0.25) is 0 Å². The number of aliphatic hydroxyl groups is 12. The molecule has 10 fully saturated rings. The molecule has 10 aliphatic rings. The summed E-state index contributed by atoms with van der Waals surface area (Å²) >= 11 is 0. The van der Waals surface area contributed by atoms with Crippen molar-refractivity contribution in [2.24, 2.45) is 50.2 Å². The second kappa shape index (κ2) is 22.1. The van der Waals surface area contributed by atoms with Gasteiger partial charge in [0.1, 0.15) is 97.7 Å². The number of carbonyl (C=O) groups is 2. The highest BCUT2D eigenvalue weighted by atomic mass is 16.8. The third-order valence-corrected chi connectivity index (χ3v) is 22.6. The van der Waals surface area contributed by atoms with Crippen LogP contribution in [0.25, 0.3) is 0 Å². The molecule has 2 bridgehead atoms. The molecule has 10 rings (SSSR count). The zero-order valence-corrected chi connectivity index (χ0v) is 47.8. The first kappa shape index (κ1) is 62.2. The van der Waals surface area contributed by atoms with E-state index in [1.54, 1.807) is 0 Å². The molecular weight excluding hydrogens is 1070 g/mol. The standard InChI is InChI=1S/C56H90O25/c1-23(59)74-44-45(75-24(2)60)55-22-73-56(31(55)16-50(44,3)4)15-11-30-52(7)13-12-33(51(5,6)29(52)10-14-53(30,8)54(56,9)17-32(55)62)79-48-42(81-47-41(70)38(67)35(64)26(18-57)76-47)37(66)28(21-72-48)78-49-43(39(68)36(65)27(19-58)77-49)80-46-40(69)34(63)25(61)20-71-46/h25-49,57-58,61-70H,10-22H2,1-9H3/t25-,26-,27-,28+,29+,30-,31-,32-,33+,34+,35-,36-,37+,38+,39+,40-,41-,42-,43-,44+,45-,46+,47+,48+,49+,52+,53-,54+,55+,56+/m1/s1. The third-order valence-electron chi connectivity index (χ3n) is 22.6. The van der Waals surface area contributed by atoms with E-state index in [-0.39, 0.29) is 35.2 Å². The summed E-state index contributed by atoms with van der Waals surface area (Å²) in [5, 5.41) is 131. The maximum Gasteiger partial charge on any atom is 0.303 e. The van der Waals surface area contributed by atoms with Crippen molar-refractivity contribution >= 4 is 11.9 Å². The topological polar surface area (TPSA) is 378 Å². The molecule has 1 spiro atoms. The average Bonchev–Trinajstić information content (AvgIpc) is 3.71. The summed E-state index contributed by atoms with van der Waals surface area (Å²) in [6.07, 6.45) is -28.4. The van der Waals surface area contributed by atoms with Gasteiger partial charge < -0.3 is 113 Å². The van der Waals surface area contributed by atoms with Crippen LogP contribution in [0, 0.1) is 50.2 Å². The van der Waals surface area contributed by atoms with Crippen LogP contribution in [-0.4, -0.2) is 247 Å². The molecule has 464 valence electrons. The molecule has 0 amide bonds. The van der Waals surface area contributed by atoms with Gasteiger partial charge in [-0.05, 0) is 79.4 Å². The summed E-state index contributed by atoms with van der Waals surface area (Å²) < 4.78 is 68.2. The van der Waals surface area contributed by atoms with Crippen LogP contribution in [0.1, 0.15) is 114 Å². The van der Waals surface area contributed by atoms with Crippen molar-refractivity contribution in [3.63, 3.8) is 0 Å². The summed E-state index contributed by atoms with van der Waals surface area (Å²) in [5.74, 6) is -1.05. The number of aliphatic hydroxyl groups excluding tert-OH is 12. The first-order valence-electron chi connectivity index (χ1n) is 29.1. The molecule has 12 N–H and O–H groups in total. The Morgan fingerprint density at radius 2 is 1.12 bits per heavy atom. The van der Waals surface area contributed by atoms with Crippen molar-refractivity contribution in [1.82, 2.24) is 0 Å². The second-order valence-electron chi connectivity index (χ2n) is 27.5. The maximum absolute atomic E-state index is 12.9. The Bertz CT molecular complexity index is 2270. The van der Waals surface area contributed by atoms with Gasteiger partial charge in [-0.3, -0.25) is 9.59 Å². The molecule has 0 radical (unpaired) electrons. The van der Waals surface area contributed by atoms with Crippen LogP contribution in [-0.2, 0) is 61.7 Å². The fourth-order valence-electron chi connectivity index (χ4n) is 18.3. The SMILES string of the molecule is CC(=O)O[C@@H]1[C@H](OC(C)=O)C(C)(C)C[C@@H]2[C@]13CO[C@@]21CC[C@@H]2[C@@]4(C)CC[C@H](O[C@@H]5OC[C@H](O[C@@H]6O[C@H](CO)[C@@H](O)[C@H](O)[C@H]6O[C@@H]6OC[C@@H](O)[C@H](O)[C@H]6O)[C@H](O)[C@H]5O[C@@H]5O[C@H](CO)[C@@H](O)[C@H](O)[C@H]5O)C(C)(C)[C@@H]4CC[C@@]2(C)[C@]1(C)C[C@H]3O. The van der Waals surface area contributed by atoms with Crippen molar-refractivity contribution in [3.05, 3.63) is 0 Å². The maximum atomic E-state index is 12.9. The molecule has 5 aliphatic heterocycles. The van der Waals surface area contributed by atoms with E-state index >= 15 is 0 Å². The van der Waals surface area contributed by atoms with Crippen molar-refractivity contribution in [2.45, 2.75) is 254 Å². The van der Waals surface area contributed by atoms with Crippen LogP contribution in [0.5, 0.6) is 0 Å². The number of esters is 2. The minimum atomic E-state index is -1.91. The van der Waals surface area contributed by atoms with Crippen LogP contribution in [0.15, 0.2) is 0 Å². The summed E-state index contributed by atoms with van der Waals surface area (Å²) in [4.78, 5) is 25.5. The van der Waals surface area contributed by atoms with Crippen molar-refractivity contribution in [3.8, 4) is 0 Å². The number of hydrogen-bond acceptors (Lipinski definition) is 25. The van der Waals surface area contributed by atoms with E-state index in [2.05, 4.69) is 34.6 Å². The summed E-state index contributed by atoms with van der Waals surface area (Å²) in [7, 11) is 0. The number of hydrogen-bond donors (Lipinski definition) is 12. The highest BCUT2D eigenvalue weighted by Gasteiger charge is 2.83. The van der Waals surface area contributed by atoms with Gasteiger partial charge in [0.2, 0.25) is 0 Å². The van der Waals surface area contributed by atoms with Crippen LogP contribution in [0.4, 0.5) is 0 Å². The molecule has 0 aromatic carbocycles. The van der Waals surface area contributed by atoms with Crippen LogP contribution < -0.4 is 0 Å². The molecule has 25 heteroatoms. The van der Waals surface area contributed by atoms with Crippen molar-refractivity contribution in [2.75, 3.05) is 33.0 Å². The van der Waals surface area contributed by atoms with Gasteiger partial charge in [0.25, 0.3) is 0 Å². The van der Waals surface area contributed by atoms with E-state index in [4.69, 9.17) is 52.1 Å². The lowest BCUT2D eigenvalue weighted by Gasteiger charge is -2.75. The lowest BCUT2D eigenvalue weighted by Crippen LogP contribution is -2.77. The second-order valence-corrected chi connectivity index (χ2v) is 27.5. The Kier molecular flexibility index (Phi) is 16.9. The molecule has 0 aromatic rings. The first-order chi connectivity index (χ1) is 37.9. The minimum Gasteiger partial charge on any atom is -0.458 e. The predicted molar refractivity (Wildman–Crippen MR) is 272 cm³/mol. The minimum absolute atomic E-state index is 0.0510. The number of ether oxygens (including phenoxy) is 11. The van der Waals surface area contributed by atoms with Gasteiger partial charge in [-0.1, -0.05) is 48.5 Å². The van der Waals surface area contributed by atoms with Crippen LogP contribution >= 0.6 is 0 Å². The van der Waals surface area contributed by atoms with E-state index in [1.807, 2.05) is 13.8 Å². The van der Waals surface area contributed by atoms with Gasteiger partial charge in [0.15, 0.2) is 25.2 Å². The molecule has 0 aromatic heterocycles.